The van der Waals surface area contributed by atoms with Crippen LogP contribution in [0.2, 0.25) is 5.02 Å². The molecule has 20 heavy (non-hydrogen) atoms. The molecule has 1 heterocycles. The largest absolute Gasteiger partial charge is 0.480 e. The number of rotatable bonds is 4. The van der Waals surface area contributed by atoms with Gasteiger partial charge in [0.25, 0.3) is 0 Å². The van der Waals surface area contributed by atoms with Crippen molar-refractivity contribution in [2.45, 2.75) is 6.92 Å². The molecule has 5 nitrogen and oxygen atoms in total. The second-order valence-corrected chi connectivity index (χ2v) is 5.47. The number of nitrogens with one attached hydrogen (secondary N) is 1. The van der Waals surface area contributed by atoms with Crippen molar-refractivity contribution in [3.05, 3.63) is 29.3 Å². The van der Waals surface area contributed by atoms with Gasteiger partial charge < -0.3 is 15.3 Å². The molecule has 1 fully saturated rings. The fourth-order valence-corrected chi connectivity index (χ4v) is 2.52. The van der Waals surface area contributed by atoms with E-state index in [1.165, 1.54) is 4.90 Å². The Labute approximate surface area is 122 Å². The maximum atomic E-state index is 12.6. The molecule has 0 aliphatic carbocycles. The summed E-state index contributed by atoms with van der Waals surface area (Å²) < 4.78 is 0. The Bertz CT molecular complexity index is 504. The molecule has 0 radical (unpaired) electrons. The third-order valence-electron chi connectivity index (χ3n) is 3.53. The molecule has 1 aliphatic heterocycles. The first-order valence-corrected chi connectivity index (χ1v) is 6.86. The van der Waals surface area contributed by atoms with Crippen LogP contribution in [-0.4, -0.2) is 36.6 Å². The summed E-state index contributed by atoms with van der Waals surface area (Å²) in [4.78, 5) is 24.9. The van der Waals surface area contributed by atoms with Gasteiger partial charge in [-0.2, -0.15) is 0 Å². The monoisotopic (exact) mass is 296 g/mol. The van der Waals surface area contributed by atoms with Crippen LogP contribution in [-0.2, 0) is 9.59 Å². The molecule has 0 unspecified atom stereocenters. The zero-order valence-corrected chi connectivity index (χ0v) is 11.9. The zero-order chi connectivity index (χ0) is 14.7. The van der Waals surface area contributed by atoms with Crippen molar-refractivity contribution >= 4 is 29.2 Å². The van der Waals surface area contributed by atoms with Gasteiger partial charge in [0.1, 0.15) is 6.54 Å². The summed E-state index contributed by atoms with van der Waals surface area (Å²) in [7, 11) is 0. The normalized spacial score (nSPS) is 21.7. The van der Waals surface area contributed by atoms with Crippen LogP contribution in [0.1, 0.15) is 6.92 Å². The Balaban J connectivity index is 2.24. The van der Waals surface area contributed by atoms with Gasteiger partial charge in [0, 0.05) is 17.3 Å². The minimum Gasteiger partial charge on any atom is -0.480 e. The van der Waals surface area contributed by atoms with Crippen LogP contribution in [0.4, 0.5) is 5.69 Å². The molecule has 1 aromatic carbocycles. The highest BCUT2D eigenvalue weighted by molar-refractivity contribution is 6.30. The molecule has 1 saturated heterocycles. The summed E-state index contributed by atoms with van der Waals surface area (Å²) in [6.07, 6.45) is 0. The van der Waals surface area contributed by atoms with E-state index in [0.717, 1.165) is 6.54 Å². The van der Waals surface area contributed by atoms with E-state index in [4.69, 9.17) is 16.7 Å². The fraction of sp³-hybridized carbons (Fsp3) is 0.429. The Hall–Kier alpha value is -1.59. The lowest BCUT2D eigenvalue weighted by molar-refractivity contribution is -0.137. The van der Waals surface area contributed by atoms with E-state index in [-0.39, 0.29) is 24.3 Å². The van der Waals surface area contributed by atoms with Gasteiger partial charge in [0.15, 0.2) is 0 Å². The average Bonchev–Trinajstić information content (AvgIpc) is 2.82. The van der Waals surface area contributed by atoms with Gasteiger partial charge in [-0.05, 0) is 36.7 Å². The summed E-state index contributed by atoms with van der Waals surface area (Å²) in [5, 5.41) is 12.7. The number of hydrogen-bond acceptors (Lipinski definition) is 3. The lowest BCUT2D eigenvalue weighted by atomic mass is 9.96. The molecule has 2 atom stereocenters. The number of carbonyl (C=O) groups excluding carboxylic acids is 1. The van der Waals surface area contributed by atoms with Crippen LogP contribution < -0.4 is 10.2 Å². The topological polar surface area (TPSA) is 69.6 Å². The van der Waals surface area contributed by atoms with E-state index in [1.807, 2.05) is 6.92 Å². The van der Waals surface area contributed by atoms with Gasteiger partial charge in [-0.15, -0.1) is 0 Å². The third-order valence-corrected chi connectivity index (χ3v) is 3.78. The summed E-state index contributed by atoms with van der Waals surface area (Å²) >= 11 is 5.82. The van der Waals surface area contributed by atoms with Crippen molar-refractivity contribution in [2.75, 3.05) is 24.5 Å². The Morgan fingerprint density at radius 3 is 2.50 bits per heavy atom. The van der Waals surface area contributed by atoms with Crippen LogP contribution in [0.25, 0.3) is 0 Å². The van der Waals surface area contributed by atoms with E-state index in [0.29, 0.717) is 17.3 Å². The van der Waals surface area contributed by atoms with E-state index >= 15 is 0 Å². The molecular weight excluding hydrogens is 280 g/mol. The van der Waals surface area contributed by atoms with Crippen LogP contribution in [0, 0.1) is 11.8 Å². The van der Waals surface area contributed by atoms with Crippen molar-refractivity contribution in [2.24, 2.45) is 11.8 Å². The van der Waals surface area contributed by atoms with Crippen LogP contribution in [0.5, 0.6) is 0 Å². The maximum absolute atomic E-state index is 12.6. The number of anilines is 1. The van der Waals surface area contributed by atoms with Crippen LogP contribution >= 0.6 is 11.6 Å². The highest BCUT2D eigenvalue weighted by Crippen LogP contribution is 2.24. The van der Waals surface area contributed by atoms with Crippen molar-refractivity contribution in [3.8, 4) is 0 Å². The Morgan fingerprint density at radius 1 is 1.35 bits per heavy atom. The molecule has 108 valence electrons. The minimum atomic E-state index is -1.04. The van der Waals surface area contributed by atoms with Gasteiger partial charge in [-0.1, -0.05) is 18.5 Å². The molecule has 0 spiro atoms. The molecule has 0 saturated carbocycles. The molecule has 1 aromatic rings. The molecule has 1 aliphatic rings. The number of aliphatic carboxylic acids is 1. The summed E-state index contributed by atoms with van der Waals surface area (Å²) in [6, 6.07) is 6.62. The first kappa shape index (κ1) is 14.8. The number of halogens is 1. The Morgan fingerprint density at radius 2 is 2.00 bits per heavy atom. The van der Waals surface area contributed by atoms with E-state index in [1.54, 1.807) is 24.3 Å². The first-order valence-electron chi connectivity index (χ1n) is 6.48. The highest BCUT2D eigenvalue weighted by atomic mass is 35.5. The van der Waals surface area contributed by atoms with Crippen LogP contribution in [0.3, 0.4) is 0 Å². The van der Waals surface area contributed by atoms with E-state index in [2.05, 4.69) is 5.32 Å². The summed E-state index contributed by atoms with van der Waals surface area (Å²) in [5.74, 6) is -1.18. The lowest BCUT2D eigenvalue weighted by Gasteiger charge is -2.25. The lowest BCUT2D eigenvalue weighted by Crippen LogP contribution is -2.42. The van der Waals surface area contributed by atoms with Crippen molar-refractivity contribution < 1.29 is 14.7 Å². The second kappa shape index (κ2) is 6.24. The van der Waals surface area contributed by atoms with E-state index in [9.17, 15) is 9.59 Å². The van der Waals surface area contributed by atoms with Gasteiger partial charge in [0.05, 0.1) is 5.92 Å². The maximum Gasteiger partial charge on any atom is 0.323 e. The number of carboxylic acids is 1. The predicted octanol–water partition coefficient (Wildman–Crippen LogP) is 1.61. The standard InChI is InChI=1S/C14H17ClN2O3/c1-9-6-16-7-12(9)14(20)17(8-13(18)19)11-4-2-10(15)3-5-11/h2-5,9,12,16H,6-8H2,1H3,(H,18,19)/t9-,12-/m1/s1. The number of carboxylic acid groups (broad SMARTS) is 1. The molecule has 0 bridgehead atoms. The molecular formula is C14H17ClN2O3. The number of amides is 1. The highest BCUT2D eigenvalue weighted by Gasteiger charge is 2.34. The average molecular weight is 297 g/mol. The minimum absolute atomic E-state index is 0.160. The number of benzene rings is 1. The molecule has 0 aromatic heterocycles. The van der Waals surface area contributed by atoms with Gasteiger partial charge in [0.2, 0.25) is 5.91 Å². The molecule has 1 amide bonds. The second-order valence-electron chi connectivity index (χ2n) is 5.04. The van der Waals surface area contributed by atoms with E-state index < -0.39 is 5.97 Å². The predicted molar refractivity (Wildman–Crippen MR) is 77.0 cm³/mol. The van der Waals surface area contributed by atoms with Crippen molar-refractivity contribution in [1.82, 2.24) is 5.32 Å². The fourth-order valence-electron chi connectivity index (χ4n) is 2.39. The molecule has 6 heteroatoms. The van der Waals surface area contributed by atoms with Crippen molar-refractivity contribution in [1.29, 1.82) is 0 Å². The van der Waals surface area contributed by atoms with Gasteiger partial charge >= 0.3 is 5.97 Å². The number of hydrogen-bond donors (Lipinski definition) is 2. The SMILES string of the molecule is C[C@@H]1CNC[C@H]1C(=O)N(CC(=O)O)c1ccc(Cl)cc1. The third kappa shape index (κ3) is 3.29. The smallest absolute Gasteiger partial charge is 0.323 e. The Kier molecular flexibility index (Phi) is 4.62. The summed E-state index contributed by atoms with van der Waals surface area (Å²) in [6.45, 7) is 3.01. The quantitative estimate of drug-likeness (QED) is 0.886. The molecule has 2 rings (SSSR count). The first-order chi connectivity index (χ1) is 9.49. The van der Waals surface area contributed by atoms with Crippen molar-refractivity contribution in [3.63, 3.8) is 0 Å². The van der Waals surface area contributed by atoms with Gasteiger partial charge in [-0.3, -0.25) is 9.59 Å². The number of carbonyl (C=O) groups is 2. The number of nitrogens with zero attached hydrogens (tertiary/aromatic N) is 1. The zero-order valence-electron chi connectivity index (χ0n) is 11.2. The summed E-state index contributed by atoms with van der Waals surface area (Å²) in [5.41, 5.74) is 0.556. The van der Waals surface area contributed by atoms with Gasteiger partial charge in [-0.25, -0.2) is 0 Å². The molecule has 2 N–H and O–H groups in total. The van der Waals surface area contributed by atoms with Crippen LogP contribution in [0.15, 0.2) is 24.3 Å².